The molecule has 130 valence electrons. The van der Waals surface area contributed by atoms with E-state index in [4.69, 9.17) is 0 Å². The first-order valence-corrected chi connectivity index (χ1v) is 9.07. The summed E-state index contributed by atoms with van der Waals surface area (Å²) < 4.78 is 31.9. The normalized spacial score (nSPS) is 11.8. The van der Waals surface area contributed by atoms with Gasteiger partial charge in [0.05, 0.1) is 11.0 Å². The molecule has 0 spiro atoms. The molecule has 0 fully saturated rings. The summed E-state index contributed by atoms with van der Waals surface area (Å²) in [6.07, 6.45) is 0. The number of para-hydroxylation sites is 2. The minimum absolute atomic E-state index is 0.226. The van der Waals surface area contributed by atoms with E-state index >= 15 is 8.78 Å². The number of alkyl halides is 2. The lowest BCUT2D eigenvalue weighted by Gasteiger charge is -2.17. The molecule has 0 saturated carbocycles. The zero-order chi connectivity index (χ0) is 18.0. The smallest absolute Gasteiger partial charge is 0.318 e. The third kappa shape index (κ3) is 3.35. The number of nitrogens with zero attached hydrogens (tertiary/aromatic N) is 2. The number of benzene rings is 3. The highest BCUT2D eigenvalue weighted by Gasteiger charge is 2.39. The van der Waals surface area contributed by atoms with Crippen LogP contribution in [0.1, 0.15) is 11.4 Å². The maximum absolute atomic E-state index is 15.1. The Bertz CT molecular complexity index is 1010. The maximum Gasteiger partial charge on any atom is 0.355 e. The minimum Gasteiger partial charge on any atom is -0.318 e. The van der Waals surface area contributed by atoms with Gasteiger partial charge in [-0.15, -0.1) is 0 Å². The lowest BCUT2D eigenvalue weighted by Crippen LogP contribution is -2.17. The molecule has 0 amide bonds. The van der Waals surface area contributed by atoms with Gasteiger partial charge in [0, 0.05) is 11.4 Å². The highest BCUT2D eigenvalue weighted by Crippen LogP contribution is 2.44. The molecule has 5 heteroatoms. The van der Waals surface area contributed by atoms with E-state index in [1.807, 2.05) is 54.6 Å². The number of aromatic nitrogens is 2. The van der Waals surface area contributed by atoms with Crippen molar-refractivity contribution in [2.24, 2.45) is 0 Å². The number of rotatable bonds is 5. The van der Waals surface area contributed by atoms with Crippen LogP contribution in [0.5, 0.6) is 0 Å². The van der Waals surface area contributed by atoms with E-state index in [-0.39, 0.29) is 5.82 Å². The van der Waals surface area contributed by atoms with E-state index in [1.165, 1.54) is 0 Å². The van der Waals surface area contributed by atoms with Gasteiger partial charge in [-0.3, -0.25) is 0 Å². The van der Waals surface area contributed by atoms with Gasteiger partial charge >= 0.3 is 5.25 Å². The van der Waals surface area contributed by atoms with Gasteiger partial charge in [0.15, 0.2) is 5.82 Å². The zero-order valence-corrected chi connectivity index (χ0v) is 14.7. The Labute approximate surface area is 154 Å². The van der Waals surface area contributed by atoms with Crippen LogP contribution in [0.25, 0.3) is 11.0 Å². The van der Waals surface area contributed by atoms with Gasteiger partial charge < -0.3 is 4.57 Å². The van der Waals surface area contributed by atoms with Crippen molar-refractivity contribution in [1.82, 2.24) is 9.55 Å². The van der Waals surface area contributed by atoms with Crippen LogP contribution in [0.2, 0.25) is 0 Å². The Kier molecular flexibility index (Phi) is 4.47. The van der Waals surface area contributed by atoms with Crippen molar-refractivity contribution in [3.63, 3.8) is 0 Å². The molecular formula is C21H16F2N2S. The van der Waals surface area contributed by atoms with E-state index < -0.39 is 5.25 Å². The Hall–Kier alpha value is -2.66. The number of thioether (sulfide) groups is 1. The third-order valence-corrected chi connectivity index (χ3v) is 5.03. The Morgan fingerprint density at radius 1 is 0.808 bits per heavy atom. The van der Waals surface area contributed by atoms with Crippen molar-refractivity contribution in [1.29, 1.82) is 0 Å². The fourth-order valence-corrected chi connectivity index (χ4v) is 3.74. The molecule has 0 unspecified atom stereocenters. The van der Waals surface area contributed by atoms with Crippen LogP contribution in [0.3, 0.4) is 0 Å². The monoisotopic (exact) mass is 366 g/mol. The number of imidazole rings is 1. The van der Waals surface area contributed by atoms with Crippen LogP contribution in [0.15, 0.2) is 89.8 Å². The van der Waals surface area contributed by atoms with Gasteiger partial charge in [0.1, 0.15) is 0 Å². The number of fused-ring (bicyclic) bond motifs is 1. The Morgan fingerprint density at radius 3 is 2.15 bits per heavy atom. The molecule has 0 bridgehead atoms. The van der Waals surface area contributed by atoms with Gasteiger partial charge in [0.25, 0.3) is 0 Å². The fraction of sp³-hybridized carbons (Fsp3) is 0.0952. The van der Waals surface area contributed by atoms with Crippen molar-refractivity contribution in [3.8, 4) is 0 Å². The van der Waals surface area contributed by atoms with Gasteiger partial charge in [0.2, 0.25) is 0 Å². The lowest BCUT2D eigenvalue weighted by molar-refractivity contribution is 0.0910. The van der Waals surface area contributed by atoms with Crippen molar-refractivity contribution in [3.05, 3.63) is 96.3 Å². The minimum atomic E-state index is -3.14. The van der Waals surface area contributed by atoms with Crippen LogP contribution >= 0.6 is 11.8 Å². The predicted octanol–water partition coefficient (Wildman–Crippen LogP) is 5.93. The van der Waals surface area contributed by atoms with Gasteiger partial charge in [-0.2, -0.15) is 8.78 Å². The second kappa shape index (κ2) is 6.92. The molecule has 0 aliphatic carbocycles. The van der Waals surface area contributed by atoms with Crippen molar-refractivity contribution >= 4 is 22.8 Å². The molecule has 26 heavy (non-hydrogen) atoms. The van der Waals surface area contributed by atoms with Gasteiger partial charge in [-0.05, 0) is 41.6 Å². The average Bonchev–Trinajstić information content (AvgIpc) is 3.03. The molecule has 1 aromatic heterocycles. The molecule has 0 radical (unpaired) electrons. The van der Waals surface area contributed by atoms with Crippen molar-refractivity contribution in [2.45, 2.75) is 16.7 Å². The quantitative estimate of drug-likeness (QED) is 0.408. The van der Waals surface area contributed by atoms with Crippen LogP contribution in [-0.2, 0) is 11.8 Å². The number of hydrogen-bond acceptors (Lipinski definition) is 2. The molecule has 2 nitrogen and oxygen atoms in total. The van der Waals surface area contributed by atoms with Crippen LogP contribution in [-0.4, -0.2) is 9.55 Å². The number of hydrogen-bond donors (Lipinski definition) is 0. The standard InChI is InChI=1S/C21H16F2N2S/c22-21(23,26-17-11-5-2-6-12-17)20-24-18-13-7-8-14-19(18)25(20)15-16-9-3-1-4-10-16/h1-14H,15H2. The largest absolute Gasteiger partial charge is 0.355 e. The first-order chi connectivity index (χ1) is 12.6. The van der Waals surface area contributed by atoms with Crippen LogP contribution in [0, 0.1) is 0 Å². The van der Waals surface area contributed by atoms with E-state index in [1.54, 1.807) is 34.9 Å². The molecular weight excluding hydrogens is 350 g/mol. The molecule has 0 atom stereocenters. The molecule has 3 aromatic carbocycles. The molecule has 1 heterocycles. The average molecular weight is 366 g/mol. The van der Waals surface area contributed by atoms with E-state index in [0.717, 1.165) is 5.56 Å². The summed E-state index contributed by atoms with van der Waals surface area (Å²) in [5.74, 6) is -0.226. The van der Waals surface area contributed by atoms with E-state index in [2.05, 4.69) is 4.98 Å². The summed E-state index contributed by atoms with van der Waals surface area (Å²) >= 11 is 0.522. The zero-order valence-electron chi connectivity index (χ0n) is 13.8. The summed E-state index contributed by atoms with van der Waals surface area (Å²) in [5.41, 5.74) is 2.24. The summed E-state index contributed by atoms with van der Waals surface area (Å²) in [6.45, 7) is 0.349. The highest BCUT2D eigenvalue weighted by atomic mass is 32.2. The van der Waals surface area contributed by atoms with Gasteiger partial charge in [-0.25, -0.2) is 4.98 Å². The molecule has 0 saturated heterocycles. The molecule has 4 aromatic rings. The second-order valence-corrected chi connectivity index (χ2v) is 7.12. The summed E-state index contributed by atoms with van der Waals surface area (Å²) in [7, 11) is 0. The Morgan fingerprint density at radius 2 is 1.42 bits per heavy atom. The molecule has 0 aliphatic heterocycles. The van der Waals surface area contributed by atoms with Crippen molar-refractivity contribution in [2.75, 3.05) is 0 Å². The third-order valence-electron chi connectivity index (χ3n) is 4.09. The molecule has 0 N–H and O–H groups in total. The predicted molar refractivity (Wildman–Crippen MR) is 101 cm³/mol. The topological polar surface area (TPSA) is 17.8 Å². The summed E-state index contributed by atoms with van der Waals surface area (Å²) in [5, 5.41) is -3.14. The number of halogens is 2. The molecule has 0 aliphatic rings. The van der Waals surface area contributed by atoms with Crippen LogP contribution < -0.4 is 0 Å². The van der Waals surface area contributed by atoms with Crippen LogP contribution in [0.4, 0.5) is 8.78 Å². The summed E-state index contributed by atoms with van der Waals surface area (Å²) in [6, 6.07) is 25.5. The molecule has 4 rings (SSSR count). The Balaban J connectivity index is 1.79. The van der Waals surface area contributed by atoms with Crippen molar-refractivity contribution < 1.29 is 8.78 Å². The first-order valence-electron chi connectivity index (χ1n) is 8.25. The van der Waals surface area contributed by atoms with Gasteiger partial charge in [-0.1, -0.05) is 60.7 Å². The lowest BCUT2D eigenvalue weighted by atomic mass is 10.2. The second-order valence-electron chi connectivity index (χ2n) is 5.93. The fourth-order valence-electron chi connectivity index (χ4n) is 2.91. The maximum atomic E-state index is 15.1. The highest BCUT2D eigenvalue weighted by molar-refractivity contribution is 8.00. The first kappa shape index (κ1) is 16.8. The summed E-state index contributed by atoms with van der Waals surface area (Å²) in [4.78, 5) is 4.78. The van der Waals surface area contributed by atoms with E-state index in [9.17, 15) is 0 Å². The van der Waals surface area contributed by atoms with E-state index in [0.29, 0.717) is 34.2 Å². The SMILES string of the molecule is FC(F)(Sc1ccccc1)c1nc2ccccc2n1Cc1ccccc1.